The largest absolute Gasteiger partial charge is 0.444 e. The molecule has 8 nitrogen and oxygen atoms in total. The summed E-state index contributed by atoms with van der Waals surface area (Å²) in [4.78, 5) is 27.5. The Morgan fingerprint density at radius 2 is 1.07 bits per heavy atom. The minimum atomic E-state index is -0.388. The van der Waals surface area contributed by atoms with Gasteiger partial charge in [-0.15, -0.1) is 0 Å². The van der Waals surface area contributed by atoms with Crippen molar-refractivity contribution in [3.63, 3.8) is 0 Å². The SMILES string of the molecule is CC(C)(C)OC(=O)N1CCN[C@@H]2CC[C@@H]21.CC(C)(C)OC(=O)N1CCN[C@H]2CC[C@H]21. The first kappa shape index (κ1) is 23.1. The molecule has 4 atom stereocenters. The van der Waals surface area contributed by atoms with Gasteiger partial charge in [0.25, 0.3) is 0 Å². The first-order valence-electron chi connectivity index (χ1n) is 11.4. The fourth-order valence-corrected chi connectivity index (χ4v) is 4.35. The van der Waals surface area contributed by atoms with Gasteiger partial charge in [-0.3, -0.25) is 0 Å². The Morgan fingerprint density at radius 3 is 1.33 bits per heavy atom. The second kappa shape index (κ2) is 8.91. The highest BCUT2D eigenvalue weighted by molar-refractivity contribution is 5.69. The number of fused-ring (bicyclic) bond motifs is 2. The summed E-state index contributed by atoms with van der Waals surface area (Å²) in [5, 5.41) is 6.83. The van der Waals surface area contributed by atoms with Crippen LogP contribution in [-0.2, 0) is 9.47 Å². The van der Waals surface area contributed by atoms with Crippen molar-refractivity contribution in [2.75, 3.05) is 26.2 Å². The number of amides is 2. The summed E-state index contributed by atoms with van der Waals surface area (Å²) in [6, 6.07) is 1.75. The van der Waals surface area contributed by atoms with Gasteiger partial charge in [0.1, 0.15) is 11.2 Å². The van der Waals surface area contributed by atoms with E-state index in [1.54, 1.807) is 0 Å². The molecule has 4 rings (SSSR count). The predicted octanol–water partition coefficient (Wildman–Crippen LogP) is 2.72. The quantitative estimate of drug-likeness (QED) is 0.622. The fraction of sp³-hybridized carbons (Fsp3) is 0.909. The van der Waals surface area contributed by atoms with Gasteiger partial charge in [-0.25, -0.2) is 9.59 Å². The maximum absolute atomic E-state index is 11.9. The molecular formula is C22H40N4O4. The third-order valence-electron chi connectivity index (χ3n) is 6.05. The molecule has 2 aliphatic carbocycles. The molecule has 0 bridgehead atoms. The van der Waals surface area contributed by atoms with Crippen LogP contribution in [0.15, 0.2) is 0 Å². The van der Waals surface area contributed by atoms with Crippen LogP contribution in [0.4, 0.5) is 9.59 Å². The molecule has 0 spiro atoms. The van der Waals surface area contributed by atoms with Crippen LogP contribution in [0.2, 0.25) is 0 Å². The monoisotopic (exact) mass is 424 g/mol. The van der Waals surface area contributed by atoms with Gasteiger partial charge >= 0.3 is 12.2 Å². The molecule has 0 aromatic rings. The van der Waals surface area contributed by atoms with E-state index in [0.29, 0.717) is 24.2 Å². The fourth-order valence-electron chi connectivity index (χ4n) is 4.35. The molecule has 8 heteroatoms. The molecule has 0 aromatic carbocycles. The zero-order valence-electron chi connectivity index (χ0n) is 19.5. The molecule has 4 fully saturated rings. The predicted molar refractivity (Wildman–Crippen MR) is 116 cm³/mol. The smallest absolute Gasteiger partial charge is 0.410 e. The van der Waals surface area contributed by atoms with Crippen molar-refractivity contribution in [2.45, 2.75) is 103 Å². The number of carbonyl (C=O) groups is 2. The third-order valence-corrected chi connectivity index (χ3v) is 6.05. The van der Waals surface area contributed by atoms with Crippen LogP contribution >= 0.6 is 0 Å². The number of carbonyl (C=O) groups excluding carboxylic acids is 2. The summed E-state index contributed by atoms with van der Waals surface area (Å²) >= 11 is 0. The van der Waals surface area contributed by atoms with E-state index < -0.39 is 0 Å². The Hall–Kier alpha value is -1.54. The standard InChI is InChI=1S/2C11H20N2O2/c2*1-11(2,3)15-10(14)13-7-6-12-8-4-5-9(8)13/h2*8-9,12H,4-7H2,1-3H3/t2*8-,9+/m10/s1. The normalized spacial score (nSPS) is 30.5. The average Bonchev–Trinajstić information content (AvgIpc) is 2.54. The average molecular weight is 425 g/mol. The van der Waals surface area contributed by atoms with Crippen LogP contribution in [0, 0.1) is 0 Å². The van der Waals surface area contributed by atoms with Gasteiger partial charge in [-0.05, 0) is 67.2 Å². The Labute approximate surface area is 181 Å². The lowest BCUT2D eigenvalue weighted by Crippen LogP contribution is -2.65. The summed E-state index contributed by atoms with van der Waals surface area (Å²) in [5.41, 5.74) is -0.775. The van der Waals surface area contributed by atoms with Crippen molar-refractivity contribution < 1.29 is 19.1 Å². The molecule has 2 N–H and O–H groups in total. The summed E-state index contributed by atoms with van der Waals surface area (Å²) in [7, 11) is 0. The van der Waals surface area contributed by atoms with Gasteiger partial charge in [-0.1, -0.05) is 0 Å². The number of hydrogen-bond acceptors (Lipinski definition) is 6. The Bertz CT molecular complexity index is 574. The van der Waals surface area contributed by atoms with Gasteiger partial charge in [0.2, 0.25) is 0 Å². The van der Waals surface area contributed by atoms with Crippen LogP contribution in [0.5, 0.6) is 0 Å². The summed E-state index contributed by atoms with van der Waals surface area (Å²) < 4.78 is 10.8. The van der Waals surface area contributed by atoms with Gasteiger partial charge in [0.05, 0.1) is 12.1 Å². The molecule has 2 aliphatic heterocycles. The molecule has 2 saturated carbocycles. The Morgan fingerprint density at radius 1 is 0.700 bits per heavy atom. The first-order chi connectivity index (χ1) is 13.9. The van der Waals surface area contributed by atoms with E-state index in [2.05, 4.69) is 10.6 Å². The molecule has 0 aromatic heterocycles. The van der Waals surface area contributed by atoms with Gasteiger partial charge in [0.15, 0.2) is 0 Å². The van der Waals surface area contributed by atoms with Crippen molar-refractivity contribution >= 4 is 12.2 Å². The Kier molecular flexibility index (Phi) is 6.87. The van der Waals surface area contributed by atoms with E-state index in [0.717, 1.165) is 39.0 Å². The van der Waals surface area contributed by atoms with Crippen LogP contribution < -0.4 is 10.6 Å². The minimum Gasteiger partial charge on any atom is -0.444 e. The van der Waals surface area contributed by atoms with Crippen LogP contribution in [-0.4, -0.2) is 83.5 Å². The van der Waals surface area contributed by atoms with Crippen molar-refractivity contribution in [2.24, 2.45) is 0 Å². The zero-order chi connectivity index (χ0) is 22.1. The second-order valence-electron chi connectivity index (χ2n) is 10.8. The Balaban J connectivity index is 0.000000171. The molecule has 0 radical (unpaired) electrons. The van der Waals surface area contributed by atoms with E-state index in [1.165, 1.54) is 12.8 Å². The molecule has 2 amide bonds. The van der Waals surface area contributed by atoms with Gasteiger partial charge in [-0.2, -0.15) is 0 Å². The molecule has 30 heavy (non-hydrogen) atoms. The zero-order valence-corrected chi connectivity index (χ0v) is 19.5. The summed E-state index contributed by atoms with van der Waals surface area (Å²) in [6.45, 7) is 14.8. The number of hydrogen-bond donors (Lipinski definition) is 2. The molecule has 2 saturated heterocycles. The second-order valence-corrected chi connectivity index (χ2v) is 10.8. The van der Waals surface area contributed by atoms with Gasteiger partial charge in [0, 0.05) is 38.3 Å². The van der Waals surface area contributed by atoms with E-state index in [-0.39, 0.29) is 23.4 Å². The number of nitrogens with one attached hydrogen (secondary N) is 2. The molecular weight excluding hydrogens is 384 g/mol. The molecule has 0 unspecified atom stereocenters. The van der Waals surface area contributed by atoms with Crippen molar-refractivity contribution in [1.29, 1.82) is 0 Å². The molecule has 4 aliphatic rings. The number of rotatable bonds is 0. The lowest BCUT2D eigenvalue weighted by molar-refractivity contribution is -0.0112. The molecule has 172 valence electrons. The lowest BCUT2D eigenvalue weighted by atomic mass is 9.83. The highest BCUT2D eigenvalue weighted by Gasteiger charge is 2.42. The third kappa shape index (κ3) is 5.78. The highest BCUT2D eigenvalue weighted by Crippen LogP contribution is 2.30. The number of nitrogens with zero attached hydrogens (tertiary/aromatic N) is 2. The van der Waals surface area contributed by atoms with Gasteiger partial charge < -0.3 is 29.9 Å². The lowest BCUT2D eigenvalue weighted by Gasteiger charge is -2.48. The first-order valence-corrected chi connectivity index (χ1v) is 11.4. The maximum atomic E-state index is 11.9. The summed E-state index contributed by atoms with van der Waals surface area (Å²) in [6.07, 6.45) is 4.28. The van der Waals surface area contributed by atoms with Crippen LogP contribution in [0.3, 0.4) is 0 Å². The van der Waals surface area contributed by atoms with Crippen LogP contribution in [0.25, 0.3) is 0 Å². The number of ether oxygens (including phenoxy) is 2. The molecule has 2 heterocycles. The minimum absolute atomic E-state index is 0.154. The van der Waals surface area contributed by atoms with E-state index in [9.17, 15) is 9.59 Å². The van der Waals surface area contributed by atoms with E-state index >= 15 is 0 Å². The van der Waals surface area contributed by atoms with Crippen molar-refractivity contribution in [3.8, 4) is 0 Å². The maximum Gasteiger partial charge on any atom is 0.410 e. The number of piperazine rings is 2. The highest BCUT2D eigenvalue weighted by atomic mass is 16.6. The van der Waals surface area contributed by atoms with E-state index in [4.69, 9.17) is 9.47 Å². The van der Waals surface area contributed by atoms with Crippen LogP contribution in [0.1, 0.15) is 67.2 Å². The van der Waals surface area contributed by atoms with E-state index in [1.807, 2.05) is 51.3 Å². The summed E-state index contributed by atoms with van der Waals surface area (Å²) in [5.74, 6) is 0. The van der Waals surface area contributed by atoms with Crippen molar-refractivity contribution in [1.82, 2.24) is 20.4 Å². The topological polar surface area (TPSA) is 83.1 Å². The van der Waals surface area contributed by atoms with Crippen molar-refractivity contribution in [3.05, 3.63) is 0 Å².